The minimum Gasteiger partial charge on any atom is -0.496 e. The lowest BCUT2D eigenvalue weighted by Gasteiger charge is -2.23. The fourth-order valence-electron chi connectivity index (χ4n) is 2.55. The van der Waals surface area contributed by atoms with Crippen LogP contribution in [0.1, 0.15) is 43.2 Å². The summed E-state index contributed by atoms with van der Waals surface area (Å²) >= 11 is 0. The van der Waals surface area contributed by atoms with Crippen molar-refractivity contribution in [2.75, 3.05) is 7.11 Å². The highest BCUT2D eigenvalue weighted by Gasteiger charge is 2.13. The normalized spacial score (nSPS) is 16.2. The van der Waals surface area contributed by atoms with E-state index in [2.05, 4.69) is 11.4 Å². The Balaban J connectivity index is 2.00. The predicted octanol–water partition coefficient (Wildman–Crippen LogP) is 2.99. The smallest absolute Gasteiger partial charge is 0.123 e. The zero-order valence-electron chi connectivity index (χ0n) is 10.9. The molecule has 0 saturated heterocycles. The van der Waals surface area contributed by atoms with Gasteiger partial charge in [-0.3, -0.25) is 0 Å². The highest BCUT2D eigenvalue weighted by molar-refractivity contribution is 5.42. The molecular weight excluding hydrogens is 224 g/mol. The minimum atomic E-state index is 0.620. The van der Waals surface area contributed by atoms with Gasteiger partial charge in [0.1, 0.15) is 5.75 Å². The van der Waals surface area contributed by atoms with Gasteiger partial charge in [0, 0.05) is 18.2 Å². The molecule has 0 aliphatic heterocycles. The van der Waals surface area contributed by atoms with Crippen LogP contribution >= 0.6 is 0 Å². The summed E-state index contributed by atoms with van der Waals surface area (Å²) in [5.74, 6) is 0.859. The first-order valence-corrected chi connectivity index (χ1v) is 6.64. The van der Waals surface area contributed by atoms with Gasteiger partial charge in [0.05, 0.1) is 18.7 Å². The average Bonchev–Trinajstić information content (AvgIpc) is 2.45. The third-order valence-corrected chi connectivity index (χ3v) is 3.60. The van der Waals surface area contributed by atoms with E-state index in [1.54, 1.807) is 13.2 Å². The lowest BCUT2D eigenvalue weighted by atomic mass is 9.95. The second-order valence-corrected chi connectivity index (χ2v) is 4.85. The molecule has 3 heteroatoms. The number of nitrogens with one attached hydrogen (secondary N) is 1. The first kappa shape index (κ1) is 12.9. The number of hydrogen-bond acceptors (Lipinski definition) is 3. The number of ether oxygens (including phenoxy) is 1. The Morgan fingerprint density at radius 1 is 1.33 bits per heavy atom. The van der Waals surface area contributed by atoms with E-state index in [-0.39, 0.29) is 0 Å². The zero-order chi connectivity index (χ0) is 12.8. The van der Waals surface area contributed by atoms with Gasteiger partial charge < -0.3 is 10.1 Å². The van der Waals surface area contributed by atoms with Crippen molar-refractivity contribution in [3.8, 4) is 11.8 Å². The first-order chi connectivity index (χ1) is 8.83. The van der Waals surface area contributed by atoms with Gasteiger partial charge in [-0.1, -0.05) is 19.3 Å². The van der Waals surface area contributed by atoms with Crippen molar-refractivity contribution in [2.45, 2.75) is 44.7 Å². The summed E-state index contributed by atoms with van der Waals surface area (Å²) in [7, 11) is 1.67. The van der Waals surface area contributed by atoms with Crippen LogP contribution in [0.15, 0.2) is 18.2 Å². The van der Waals surface area contributed by atoms with Gasteiger partial charge in [0.2, 0.25) is 0 Å². The molecule has 0 spiro atoms. The fraction of sp³-hybridized carbons (Fsp3) is 0.533. The molecular formula is C15H20N2O. The van der Waals surface area contributed by atoms with Crippen LogP contribution in [0.4, 0.5) is 0 Å². The van der Waals surface area contributed by atoms with Gasteiger partial charge in [-0.25, -0.2) is 0 Å². The largest absolute Gasteiger partial charge is 0.496 e. The summed E-state index contributed by atoms with van der Waals surface area (Å²) < 4.78 is 5.34. The quantitative estimate of drug-likeness (QED) is 0.885. The van der Waals surface area contributed by atoms with Gasteiger partial charge in [0.15, 0.2) is 0 Å². The summed E-state index contributed by atoms with van der Waals surface area (Å²) in [6.45, 7) is 0.781. The second-order valence-electron chi connectivity index (χ2n) is 4.85. The van der Waals surface area contributed by atoms with Crippen molar-refractivity contribution in [1.82, 2.24) is 5.32 Å². The molecule has 1 fully saturated rings. The fourth-order valence-corrected chi connectivity index (χ4v) is 2.55. The van der Waals surface area contributed by atoms with Crippen molar-refractivity contribution in [2.24, 2.45) is 0 Å². The van der Waals surface area contributed by atoms with Crippen molar-refractivity contribution in [1.29, 1.82) is 5.26 Å². The molecule has 1 aromatic carbocycles. The Morgan fingerprint density at radius 3 is 2.78 bits per heavy atom. The van der Waals surface area contributed by atoms with Crippen LogP contribution in [0, 0.1) is 11.3 Å². The van der Waals surface area contributed by atoms with E-state index in [1.165, 1.54) is 32.1 Å². The van der Waals surface area contributed by atoms with Gasteiger partial charge in [-0.15, -0.1) is 0 Å². The van der Waals surface area contributed by atoms with Crippen LogP contribution in [0.3, 0.4) is 0 Å². The van der Waals surface area contributed by atoms with Crippen LogP contribution in [0.25, 0.3) is 0 Å². The summed E-state index contributed by atoms with van der Waals surface area (Å²) in [5, 5.41) is 12.5. The molecule has 2 rings (SSSR count). The SMILES string of the molecule is COc1ccc(C#N)cc1CNC1CCCCC1. The molecule has 1 N–H and O–H groups in total. The van der Waals surface area contributed by atoms with Crippen LogP contribution < -0.4 is 10.1 Å². The van der Waals surface area contributed by atoms with Crippen LogP contribution in [-0.4, -0.2) is 13.2 Å². The van der Waals surface area contributed by atoms with Crippen molar-refractivity contribution >= 4 is 0 Å². The summed E-state index contributed by atoms with van der Waals surface area (Å²) in [6, 6.07) is 8.37. The molecule has 1 aliphatic carbocycles. The van der Waals surface area contributed by atoms with E-state index < -0.39 is 0 Å². The van der Waals surface area contributed by atoms with E-state index >= 15 is 0 Å². The summed E-state index contributed by atoms with van der Waals surface area (Å²) in [6.07, 6.45) is 6.55. The third kappa shape index (κ3) is 3.24. The standard InChI is InChI=1S/C15H20N2O/c1-18-15-8-7-12(10-16)9-13(15)11-17-14-5-3-2-4-6-14/h7-9,14,17H,2-6,11H2,1H3. The molecule has 1 saturated carbocycles. The molecule has 0 radical (unpaired) electrons. The van der Waals surface area contributed by atoms with Crippen molar-refractivity contribution in [3.63, 3.8) is 0 Å². The van der Waals surface area contributed by atoms with Gasteiger partial charge >= 0.3 is 0 Å². The molecule has 1 aliphatic rings. The van der Waals surface area contributed by atoms with Gasteiger partial charge in [0.25, 0.3) is 0 Å². The maximum atomic E-state index is 8.93. The highest BCUT2D eigenvalue weighted by Crippen LogP contribution is 2.22. The van der Waals surface area contributed by atoms with Crippen LogP contribution in [-0.2, 0) is 6.54 Å². The topological polar surface area (TPSA) is 45.0 Å². The van der Waals surface area contributed by atoms with E-state index in [0.29, 0.717) is 11.6 Å². The molecule has 1 aromatic rings. The Labute approximate surface area is 109 Å². The molecule has 3 nitrogen and oxygen atoms in total. The first-order valence-electron chi connectivity index (χ1n) is 6.64. The maximum Gasteiger partial charge on any atom is 0.123 e. The minimum absolute atomic E-state index is 0.620. The number of nitriles is 1. The van der Waals surface area contributed by atoms with Crippen molar-refractivity contribution in [3.05, 3.63) is 29.3 Å². The predicted molar refractivity (Wildman–Crippen MR) is 71.4 cm³/mol. The number of methoxy groups -OCH3 is 1. The summed E-state index contributed by atoms with van der Waals surface area (Å²) in [4.78, 5) is 0. The number of rotatable bonds is 4. The van der Waals surface area contributed by atoms with Crippen LogP contribution in [0.5, 0.6) is 5.75 Å². The highest BCUT2D eigenvalue weighted by atomic mass is 16.5. The van der Waals surface area contributed by atoms with E-state index in [1.807, 2.05) is 12.1 Å². The summed E-state index contributed by atoms with van der Waals surface area (Å²) in [5.41, 5.74) is 1.76. The van der Waals surface area contributed by atoms with E-state index in [0.717, 1.165) is 17.9 Å². The molecule has 0 bridgehead atoms. The van der Waals surface area contributed by atoms with Crippen LogP contribution in [0.2, 0.25) is 0 Å². The lowest BCUT2D eigenvalue weighted by molar-refractivity contribution is 0.365. The Hall–Kier alpha value is -1.53. The second kappa shape index (κ2) is 6.42. The average molecular weight is 244 g/mol. The Kier molecular flexibility index (Phi) is 4.60. The number of nitrogens with zero attached hydrogens (tertiary/aromatic N) is 1. The third-order valence-electron chi connectivity index (χ3n) is 3.60. The number of hydrogen-bond donors (Lipinski definition) is 1. The molecule has 18 heavy (non-hydrogen) atoms. The number of benzene rings is 1. The molecule has 0 heterocycles. The van der Waals surface area contributed by atoms with Crippen molar-refractivity contribution < 1.29 is 4.74 Å². The monoisotopic (exact) mass is 244 g/mol. The molecule has 96 valence electrons. The zero-order valence-corrected chi connectivity index (χ0v) is 10.9. The maximum absolute atomic E-state index is 8.93. The van der Waals surface area contributed by atoms with Gasteiger partial charge in [-0.05, 0) is 31.0 Å². The Bertz CT molecular complexity index is 431. The molecule has 0 atom stereocenters. The van der Waals surface area contributed by atoms with E-state index in [9.17, 15) is 0 Å². The van der Waals surface area contributed by atoms with E-state index in [4.69, 9.17) is 10.00 Å². The molecule has 0 unspecified atom stereocenters. The lowest BCUT2D eigenvalue weighted by Crippen LogP contribution is -2.30. The Morgan fingerprint density at radius 2 is 2.11 bits per heavy atom. The van der Waals surface area contributed by atoms with Gasteiger partial charge in [-0.2, -0.15) is 5.26 Å². The molecule has 0 amide bonds. The molecule has 0 aromatic heterocycles.